The van der Waals surface area contributed by atoms with E-state index in [1.807, 2.05) is 0 Å². The van der Waals surface area contributed by atoms with Crippen molar-refractivity contribution in [2.75, 3.05) is 26.3 Å². The van der Waals surface area contributed by atoms with Crippen LogP contribution in [-0.2, 0) is 9.53 Å². The van der Waals surface area contributed by atoms with Crippen LogP contribution < -0.4 is 10.6 Å². The Bertz CT molecular complexity index is 272. The van der Waals surface area contributed by atoms with E-state index in [0.29, 0.717) is 12.5 Å². The second-order valence-corrected chi connectivity index (χ2v) is 5.76. The Hall–Kier alpha value is -0.650. The lowest BCUT2D eigenvalue weighted by Crippen LogP contribution is -2.43. The van der Waals surface area contributed by atoms with E-state index in [1.165, 1.54) is 0 Å². The number of hydrogen-bond donors (Lipinski definition) is 3. The van der Waals surface area contributed by atoms with Gasteiger partial charge in [0.05, 0.1) is 12.6 Å². The number of ether oxygens (including phenoxy) is 1. The van der Waals surface area contributed by atoms with Crippen molar-refractivity contribution in [2.45, 2.75) is 50.7 Å². The summed E-state index contributed by atoms with van der Waals surface area (Å²) in [6.45, 7) is 2.79. The molecule has 3 N–H and O–H groups in total. The Morgan fingerprint density at radius 3 is 2.47 bits per heavy atom. The first-order valence-corrected chi connectivity index (χ1v) is 7.50. The highest BCUT2D eigenvalue weighted by atomic mass is 16.5. The Kier molecular flexibility index (Phi) is 6.07. The van der Waals surface area contributed by atoms with Gasteiger partial charge in [0.1, 0.15) is 0 Å². The van der Waals surface area contributed by atoms with E-state index in [4.69, 9.17) is 4.74 Å². The van der Waals surface area contributed by atoms with Crippen LogP contribution in [0.3, 0.4) is 0 Å². The van der Waals surface area contributed by atoms with Crippen molar-refractivity contribution in [1.82, 2.24) is 10.6 Å². The lowest BCUT2D eigenvalue weighted by atomic mass is 9.87. The zero-order valence-corrected chi connectivity index (χ0v) is 11.6. The Morgan fingerprint density at radius 1 is 1.11 bits per heavy atom. The molecular formula is C14H26N2O3. The van der Waals surface area contributed by atoms with Crippen molar-refractivity contribution in [1.29, 1.82) is 0 Å². The topological polar surface area (TPSA) is 70.6 Å². The number of aliphatic hydroxyl groups is 1. The summed E-state index contributed by atoms with van der Waals surface area (Å²) < 4.78 is 5.26. The molecule has 0 radical (unpaired) electrons. The van der Waals surface area contributed by atoms with Gasteiger partial charge < -0.3 is 20.5 Å². The van der Waals surface area contributed by atoms with Crippen molar-refractivity contribution in [3.63, 3.8) is 0 Å². The molecule has 5 nitrogen and oxygen atoms in total. The summed E-state index contributed by atoms with van der Waals surface area (Å²) in [6.07, 6.45) is 5.68. The molecule has 19 heavy (non-hydrogen) atoms. The van der Waals surface area contributed by atoms with Crippen LogP contribution in [0.1, 0.15) is 38.5 Å². The molecule has 1 amide bonds. The molecule has 0 aromatic heterocycles. The third-order valence-corrected chi connectivity index (χ3v) is 4.12. The van der Waals surface area contributed by atoms with Crippen molar-refractivity contribution in [2.24, 2.45) is 5.92 Å². The molecule has 1 heterocycles. The molecule has 5 heteroatoms. The second kappa shape index (κ2) is 7.82. The summed E-state index contributed by atoms with van der Waals surface area (Å²) in [5.41, 5.74) is 0. The maximum Gasteiger partial charge on any atom is 0.234 e. The number of aliphatic hydroxyl groups excluding tert-OH is 1. The van der Waals surface area contributed by atoms with Crippen molar-refractivity contribution < 1.29 is 14.6 Å². The van der Waals surface area contributed by atoms with E-state index in [9.17, 15) is 9.90 Å². The van der Waals surface area contributed by atoms with Crippen LogP contribution in [0, 0.1) is 5.92 Å². The fraction of sp³-hybridized carbons (Fsp3) is 0.929. The second-order valence-electron chi connectivity index (χ2n) is 5.76. The first kappa shape index (κ1) is 14.8. The molecule has 0 unspecified atom stereocenters. The van der Waals surface area contributed by atoms with Crippen LogP contribution in [0.4, 0.5) is 0 Å². The predicted octanol–water partition coefficient (Wildman–Crippen LogP) is 0.422. The lowest BCUT2D eigenvalue weighted by molar-refractivity contribution is -0.121. The minimum atomic E-state index is -0.104. The Labute approximate surface area is 115 Å². The minimum absolute atomic E-state index is 0.0859. The van der Waals surface area contributed by atoms with Gasteiger partial charge in [-0.1, -0.05) is 0 Å². The SMILES string of the molecule is O=C(CNCC1CCC(O)CC1)NC1CCOCC1. The highest BCUT2D eigenvalue weighted by Gasteiger charge is 2.19. The monoisotopic (exact) mass is 270 g/mol. The standard InChI is InChI=1S/C14H26N2O3/c17-13-3-1-11(2-4-13)9-15-10-14(18)16-12-5-7-19-8-6-12/h11-13,15,17H,1-10H2,(H,16,18). The average Bonchev–Trinajstić information content (AvgIpc) is 2.42. The normalized spacial score (nSPS) is 29.1. The van der Waals surface area contributed by atoms with Crippen LogP contribution >= 0.6 is 0 Å². The smallest absolute Gasteiger partial charge is 0.234 e. The van der Waals surface area contributed by atoms with Crippen LogP contribution in [0.25, 0.3) is 0 Å². The number of amides is 1. The highest BCUT2D eigenvalue weighted by Crippen LogP contribution is 2.23. The molecule has 1 aliphatic carbocycles. The molecule has 0 spiro atoms. The molecule has 2 fully saturated rings. The lowest BCUT2D eigenvalue weighted by Gasteiger charge is -2.26. The fourth-order valence-electron chi connectivity index (χ4n) is 2.86. The van der Waals surface area contributed by atoms with Crippen molar-refractivity contribution >= 4 is 5.91 Å². The van der Waals surface area contributed by atoms with Crippen LogP contribution in [0.5, 0.6) is 0 Å². The van der Waals surface area contributed by atoms with Crippen LogP contribution in [-0.4, -0.2) is 49.5 Å². The maximum absolute atomic E-state index is 11.8. The number of carbonyl (C=O) groups is 1. The molecule has 1 saturated heterocycles. The van der Waals surface area contributed by atoms with E-state index in [1.54, 1.807) is 0 Å². The Balaban J connectivity index is 1.53. The molecular weight excluding hydrogens is 244 g/mol. The van der Waals surface area contributed by atoms with Crippen LogP contribution in [0.2, 0.25) is 0 Å². The van der Waals surface area contributed by atoms with Gasteiger partial charge in [-0.25, -0.2) is 0 Å². The number of carbonyl (C=O) groups excluding carboxylic acids is 1. The van der Waals surface area contributed by atoms with Gasteiger partial charge in [-0.3, -0.25) is 4.79 Å². The summed E-state index contributed by atoms with van der Waals surface area (Å²) in [4.78, 5) is 11.8. The van der Waals surface area contributed by atoms with Gasteiger partial charge in [0.2, 0.25) is 5.91 Å². The highest BCUT2D eigenvalue weighted by molar-refractivity contribution is 5.78. The van der Waals surface area contributed by atoms with E-state index in [0.717, 1.165) is 58.3 Å². The molecule has 0 atom stereocenters. The van der Waals surface area contributed by atoms with Gasteiger partial charge in [0.25, 0.3) is 0 Å². The van der Waals surface area contributed by atoms with E-state index in [2.05, 4.69) is 10.6 Å². The van der Waals surface area contributed by atoms with Crippen LogP contribution in [0.15, 0.2) is 0 Å². The zero-order valence-electron chi connectivity index (χ0n) is 11.6. The summed E-state index contributed by atoms with van der Waals surface area (Å²) in [7, 11) is 0. The molecule has 0 aromatic carbocycles. The molecule has 2 aliphatic rings. The summed E-state index contributed by atoms with van der Waals surface area (Å²) in [6, 6.07) is 0.285. The molecule has 0 bridgehead atoms. The molecule has 1 aliphatic heterocycles. The summed E-state index contributed by atoms with van der Waals surface area (Å²) >= 11 is 0. The molecule has 110 valence electrons. The molecule has 1 saturated carbocycles. The summed E-state index contributed by atoms with van der Waals surface area (Å²) in [5.74, 6) is 0.696. The number of rotatable bonds is 5. The summed E-state index contributed by atoms with van der Waals surface area (Å²) in [5, 5.41) is 15.7. The molecule has 0 aromatic rings. The van der Waals surface area contributed by atoms with Gasteiger partial charge in [0.15, 0.2) is 0 Å². The van der Waals surface area contributed by atoms with E-state index >= 15 is 0 Å². The fourth-order valence-corrected chi connectivity index (χ4v) is 2.86. The zero-order chi connectivity index (χ0) is 13.5. The average molecular weight is 270 g/mol. The van der Waals surface area contributed by atoms with E-state index < -0.39 is 0 Å². The third kappa shape index (κ3) is 5.47. The van der Waals surface area contributed by atoms with Gasteiger partial charge >= 0.3 is 0 Å². The first-order chi connectivity index (χ1) is 9.24. The van der Waals surface area contributed by atoms with Crippen molar-refractivity contribution in [3.8, 4) is 0 Å². The number of hydrogen-bond acceptors (Lipinski definition) is 4. The van der Waals surface area contributed by atoms with E-state index in [-0.39, 0.29) is 18.1 Å². The molecule has 2 rings (SSSR count). The minimum Gasteiger partial charge on any atom is -0.393 e. The third-order valence-electron chi connectivity index (χ3n) is 4.12. The Morgan fingerprint density at radius 2 is 1.79 bits per heavy atom. The first-order valence-electron chi connectivity index (χ1n) is 7.50. The maximum atomic E-state index is 11.8. The van der Waals surface area contributed by atoms with Gasteiger partial charge in [0, 0.05) is 19.3 Å². The quantitative estimate of drug-likeness (QED) is 0.677. The number of nitrogens with one attached hydrogen (secondary N) is 2. The van der Waals surface area contributed by atoms with Gasteiger partial charge in [-0.2, -0.15) is 0 Å². The largest absolute Gasteiger partial charge is 0.393 e. The van der Waals surface area contributed by atoms with Gasteiger partial charge in [-0.05, 0) is 51.0 Å². The van der Waals surface area contributed by atoms with Crippen molar-refractivity contribution in [3.05, 3.63) is 0 Å². The predicted molar refractivity (Wildman–Crippen MR) is 72.8 cm³/mol. The van der Waals surface area contributed by atoms with Gasteiger partial charge in [-0.15, -0.1) is 0 Å².